The highest BCUT2D eigenvalue weighted by Crippen LogP contribution is 2.20. The zero-order chi connectivity index (χ0) is 10.3. The van der Waals surface area contributed by atoms with E-state index in [1.807, 2.05) is 6.92 Å². The summed E-state index contributed by atoms with van der Waals surface area (Å²) in [6.45, 7) is 5.48. The number of Topliss-reactive ketones (excluding diaryl/α,β-unsaturated/α-hetero) is 1. The zero-order valence-electron chi connectivity index (χ0n) is 8.63. The fourth-order valence-electron chi connectivity index (χ4n) is 0.977. The Bertz CT molecular complexity index is 178. The number of thioether (sulfide) groups is 1. The third kappa shape index (κ3) is 5.86. The Hall–Kier alpha value is -0.310. The highest BCUT2D eigenvalue weighted by atomic mass is 32.2. The van der Waals surface area contributed by atoms with E-state index >= 15 is 0 Å². The summed E-state index contributed by atoms with van der Waals surface area (Å²) in [5, 5.41) is 0.0173. The molecule has 0 amide bonds. The van der Waals surface area contributed by atoms with E-state index in [1.165, 1.54) is 11.8 Å². The summed E-state index contributed by atoms with van der Waals surface area (Å²) in [7, 11) is 0. The van der Waals surface area contributed by atoms with Crippen molar-refractivity contribution >= 4 is 22.7 Å². The van der Waals surface area contributed by atoms with Gasteiger partial charge in [-0.25, -0.2) is 0 Å². The van der Waals surface area contributed by atoms with E-state index in [1.54, 1.807) is 6.92 Å². The second-order valence-electron chi connectivity index (χ2n) is 3.08. The van der Waals surface area contributed by atoms with Crippen LogP contribution >= 0.6 is 11.8 Å². The Morgan fingerprint density at radius 2 is 1.92 bits per heavy atom. The third-order valence-electron chi connectivity index (χ3n) is 1.84. The first-order valence-electron chi connectivity index (χ1n) is 4.81. The summed E-state index contributed by atoms with van der Waals surface area (Å²) in [5.41, 5.74) is 0. The number of hydrogen-bond donors (Lipinski definition) is 0. The topological polar surface area (TPSA) is 34.1 Å². The van der Waals surface area contributed by atoms with E-state index < -0.39 is 0 Å². The molecule has 0 spiro atoms. The van der Waals surface area contributed by atoms with Crippen LogP contribution in [-0.4, -0.2) is 16.1 Å². The molecule has 0 heterocycles. The Morgan fingerprint density at radius 3 is 2.31 bits per heavy atom. The summed E-state index contributed by atoms with van der Waals surface area (Å²) >= 11 is 1.20. The molecule has 13 heavy (non-hydrogen) atoms. The van der Waals surface area contributed by atoms with Crippen molar-refractivity contribution < 1.29 is 9.59 Å². The smallest absolute Gasteiger partial charge is 0.189 e. The van der Waals surface area contributed by atoms with Gasteiger partial charge in [-0.05, 0) is 13.3 Å². The standard InChI is InChI=1S/C10H18O2S/c1-4-6-7-9(8(3)11)13-10(12)5-2/h9H,4-7H2,1-3H3. The maximum absolute atomic E-state index is 11.1. The molecule has 76 valence electrons. The average molecular weight is 202 g/mol. The minimum atomic E-state index is -0.104. The molecule has 2 nitrogen and oxygen atoms in total. The molecular formula is C10H18O2S. The van der Waals surface area contributed by atoms with Crippen molar-refractivity contribution in [2.75, 3.05) is 0 Å². The molecule has 3 heteroatoms. The predicted molar refractivity (Wildman–Crippen MR) is 56.9 cm³/mol. The van der Waals surface area contributed by atoms with Crippen LogP contribution in [0, 0.1) is 0 Å². The first-order chi connectivity index (χ1) is 6.11. The van der Waals surface area contributed by atoms with Crippen molar-refractivity contribution in [2.45, 2.75) is 51.7 Å². The van der Waals surface area contributed by atoms with Gasteiger partial charge in [-0.3, -0.25) is 9.59 Å². The van der Waals surface area contributed by atoms with Crippen LogP contribution in [0.25, 0.3) is 0 Å². The minimum Gasteiger partial charge on any atom is -0.299 e. The van der Waals surface area contributed by atoms with E-state index in [0.29, 0.717) is 6.42 Å². The van der Waals surface area contributed by atoms with Gasteiger partial charge in [-0.1, -0.05) is 38.5 Å². The molecule has 0 N–H and O–H groups in total. The second-order valence-corrected chi connectivity index (χ2v) is 4.35. The van der Waals surface area contributed by atoms with Crippen LogP contribution in [0.4, 0.5) is 0 Å². The number of carbonyl (C=O) groups excluding carboxylic acids is 2. The molecule has 0 saturated carbocycles. The summed E-state index contributed by atoms with van der Waals surface area (Å²) in [6.07, 6.45) is 3.45. The van der Waals surface area contributed by atoms with Crippen molar-refractivity contribution in [3.63, 3.8) is 0 Å². The van der Waals surface area contributed by atoms with Crippen molar-refractivity contribution in [3.05, 3.63) is 0 Å². The largest absolute Gasteiger partial charge is 0.299 e. The number of carbonyl (C=O) groups is 2. The van der Waals surface area contributed by atoms with Gasteiger partial charge in [0.05, 0.1) is 5.25 Å². The maximum atomic E-state index is 11.1. The highest BCUT2D eigenvalue weighted by molar-refractivity contribution is 8.14. The molecule has 1 atom stereocenters. The van der Waals surface area contributed by atoms with Gasteiger partial charge < -0.3 is 0 Å². The van der Waals surface area contributed by atoms with Gasteiger partial charge in [0.25, 0.3) is 0 Å². The van der Waals surface area contributed by atoms with Gasteiger partial charge in [-0.2, -0.15) is 0 Å². The molecule has 0 aliphatic heterocycles. The molecule has 0 rings (SSSR count). The van der Waals surface area contributed by atoms with Crippen molar-refractivity contribution in [1.82, 2.24) is 0 Å². The fraction of sp³-hybridized carbons (Fsp3) is 0.800. The van der Waals surface area contributed by atoms with Gasteiger partial charge in [0.1, 0.15) is 5.78 Å². The van der Waals surface area contributed by atoms with Gasteiger partial charge in [-0.15, -0.1) is 0 Å². The van der Waals surface area contributed by atoms with E-state index in [9.17, 15) is 9.59 Å². The first kappa shape index (κ1) is 12.7. The Kier molecular flexibility index (Phi) is 6.96. The third-order valence-corrected chi connectivity index (χ3v) is 3.24. The number of hydrogen-bond acceptors (Lipinski definition) is 3. The highest BCUT2D eigenvalue weighted by Gasteiger charge is 2.17. The lowest BCUT2D eigenvalue weighted by atomic mass is 10.1. The lowest BCUT2D eigenvalue weighted by Crippen LogP contribution is -2.15. The lowest BCUT2D eigenvalue weighted by Gasteiger charge is -2.10. The quantitative estimate of drug-likeness (QED) is 0.664. The van der Waals surface area contributed by atoms with Gasteiger partial charge in [0.15, 0.2) is 5.12 Å². The van der Waals surface area contributed by atoms with E-state index in [4.69, 9.17) is 0 Å². The van der Waals surface area contributed by atoms with Gasteiger partial charge >= 0.3 is 0 Å². The molecule has 0 aromatic rings. The second kappa shape index (κ2) is 7.13. The Morgan fingerprint density at radius 1 is 1.31 bits per heavy atom. The summed E-state index contributed by atoms with van der Waals surface area (Å²) in [5.74, 6) is 0.125. The van der Waals surface area contributed by atoms with Crippen LogP contribution in [0.5, 0.6) is 0 Å². The molecule has 1 unspecified atom stereocenters. The Labute approximate surface area is 84.5 Å². The summed E-state index contributed by atoms with van der Waals surface area (Å²) < 4.78 is 0. The Balaban J connectivity index is 3.94. The van der Waals surface area contributed by atoms with Gasteiger partial charge in [0.2, 0.25) is 0 Å². The van der Waals surface area contributed by atoms with Crippen LogP contribution in [0.3, 0.4) is 0 Å². The van der Waals surface area contributed by atoms with Crippen LogP contribution in [-0.2, 0) is 9.59 Å². The molecule has 0 radical (unpaired) electrons. The molecule has 0 aliphatic rings. The maximum Gasteiger partial charge on any atom is 0.189 e. The van der Waals surface area contributed by atoms with E-state index in [0.717, 1.165) is 19.3 Å². The van der Waals surface area contributed by atoms with Crippen LogP contribution in [0.1, 0.15) is 46.5 Å². The van der Waals surface area contributed by atoms with E-state index in [-0.39, 0.29) is 16.1 Å². The molecule has 0 bridgehead atoms. The molecule has 0 fully saturated rings. The summed E-state index contributed by atoms with van der Waals surface area (Å²) in [6, 6.07) is 0. The van der Waals surface area contributed by atoms with Crippen LogP contribution in [0.2, 0.25) is 0 Å². The average Bonchev–Trinajstić information content (AvgIpc) is 2.11. The van der Waals surface area contributed by atoms with Crippen molar-refractivity contribution in [3.8, 4) is 0 Å². The van der Waals surface area contributed by atoms with Gasteiger partial charge in [0, 0.05) is 6.42 Å². The van der Waals surface area contributed by atoms with Crippen molar-refractivity contribution in [2.24, 2.45) is 0 Å². The number of unbranched alkanes of at least 4 members (excludes halogenated alkanes) is 1. The SMILES string of the molecule is CCCCC(SC(=O)CC)C(C)=O. The van der Waals surface area contributed by atoms with Crippen LogP contribution < -0.4 is 0 Å². The molecule has 0 aromatic heterocycles. The van der Waals surface area contributed by atoms with E-state index in [2.05, 4.69) is 6.92 Å². The minimum absolute atomic E-state index is 0.104. The normalized spacial score (nSPS) is 12.5. The van der Waals surface area contributed by atoms with Crippen LogP contribution in [0.15, 0.2) is 0 Å². The lowest BCUT2D eigenvalue weighted by molar-refractivity contribution is -0.117. The summed E-state index contributed by atoms with van der Waals surface area (Å²) in [4.78, 5) is 22.2. The monoisotopic (exact) mass is 202 g/mol. The molecular weight excluding hydrogens is 184 g/mol. The van der Waals surface area contributed by atoms with Crippen molar-refractivity contribution in [1.29, 1.82) is 0 Å². The zero-order valence-corrected chi connectivity index (χ0v) is 9.45. The molecule has 0 saturated heterocycles. The first-order valence-corrected chi connectivity index (χ1v) is 5.69. The number of rotatable bonds is 6. The molecule has 0 aliphatic carbocycles. The molecule has 0 aromatic carbocycles. The fourth-order valence-corrected chi connectivity index (χ4v) is 1.91. The number of ketones is 1. The predicted octanol–water partition coefficient (Wildman–Crippen LogP) is 2.80.